The van der Waals surface area contributed by atoms with E-state index in [0.717, 1.165) is 63.5 Å². The van der Waals surface area contributed by atoms with Crippen LogP contribution in [-0.4, -0.2) is 68.8 Å². The average Bonchev–Trinajstić information content (AvgIpc) is 3.39. The fourth-order valence-electron chi connectivity index (χ4n) is 6.61. The third-order valence-electron chi connectivity index (χ3n) is 8.83. The lowest BCUT2D eigenvalue weighted by Crippen LogP contribution is -2.45. The molecule has 7 nitrogen and oxygen atoms in total. The molecule has 0 radical (unpaired) electrons. The van der Waals surface area contributed by atoms with Crippen LogP contribution in [0.25, 0.3) is 10.8 Å². The standard InChI is InChI=1S/C32H40N6O/c1-22(2)25-10-4-7-23-8-5-11-29(30(23)25)38-16-12-26-28(20-38)27(19-33)32(39-21-24-9-6-15-36(24)3)35-31(26)37-17-13-34-14-18-37/h4-5,7-8,10-11,22,24,34H,6,9,12-18,20-21H2,1-3H3/t24-/m0/s1. The molecule has 0 saturated carbocycles. The van der Waals surface area contributed by atoms with E-state index in [0.29, 0.717) is 36.6 Å². The highest BCUT2D eigenvalue weighted by molar-refractivity contribution is 5.97. The molecular formula is C32H40N6O. The van der Waals surface area contributed by atoms with Gasteiger partial charge in [-0.15, -0.1) is 0 Å². The Labute approximate surface area is 232 Å². The number of anilines is 2. The zero-order valence-corrected chi connectivity index (χ0v) is 23.5. The molecule has 0 aliphatic carbocycles. The van der Waals surface area contributed by atoms with Gasteiger partial charge in [-0.25, -0.2) is 0 Å². The highest BCUT2D eigenvalue weighted by atomic mass is 16.5. The number of ether oxygens (including phenoxy) is 1. The molecular weight excluding hydrogens is 484 g/mol. The van der Waals surface area contributed by atoms with Gasteiger partial charge in [0.15, 0.2) is 0 Å². The summed E-state index contributed by atoms with van der Waals surface area (Å²) in [6, 6.07) is 16.1. The van der Waals surface area contributed by atoms with Crippen molar-refractivity contribution in [2.24, 2.45) is 0 Å². The molecule has 3 aliphatic heterocycles. The first-order valence-electron chi connectivity index (χ1n) is 14.6. The number of nitrogens with one attached hydrogen (secondary N) is 1. The van der Waals surface area contributed by atoms with Crippen LogP contribution >= 0.6 is 0 Å². The summed E-state index contributed by atoms with van der Waals surface area (Å²) in [4.78, 5) is 12.3. The van der Waals surface area contributed by atoms with E-state index in [-0.39, 0.29) is 0 Å². The van der Waals surface area contributed by atoms with Crippen LogP contribution in [0.5, 0.6) is 5.88 Å². The van der Waals surface area contributed by atoms with Crippen LogP contribution in [0.15, 0.2) is 36.4 Å². The minimum absolute atomic E-state index is 0.374. The largest absolute Gasteiger partial charge is 0.475 e. The Hall–Kier alpha value is -3.34. The molecule has 0 unspecified atom stereocenters. The first-order valence-corrected chi connectivity index (χ1v) is 14.6. The van der Waals surface area contributed by atoms with Crippen molar-refractivity contribution < 1.29 is 4.74 Å². The molecule has 0 bridgehead atoms. The van der Waals surface area contributed by atoms with Gasteiger partial charge in [0.05, 0.1) is 0 Å². The van der Waals surface area contributed by atoms with E-state index in [1.165, 1.54) is 34.0 Å². The molecule has 2 aromatic carbocycles. The molecule has 2 saturated heterocycles. The summed E-state index contributed by atoms with van der Waals surface area (Å²) in [7, 11) is 2.16. The van der Waals surface area contributed by atoms with E-state index in [9.17, 15) is 5.26 Å². The highest BCUT2D eigenvalue weighted by Gasteiger charge is 2.31. The summed E-state index contributed by atoms with van der Waals surface area (Å²) in [5.41, 5.74) is 5.54. The molecule has 4 heterocycles. The molecule has 3 aliphatic rings. The summed E-state index contributed by atoms with van der Waals surface area (Å²) >= 11 is 0. The van der Waals surface area contributed by atoms with Gasteiger partial charge in [-0.05, 0) is 55.8 Å². The number of benzene rings is 2. The molecule has 7 heteroatoms. The Bertz CT molecular complexity index is 1380. The zero-order chi connectivity index (χ0) is 26.9. The number of rotatable bonds is 6. The first kappa shape index (κ1) is 25.9. The Kier molecular flexibility index (Phi) is 7.33. The van der Waals surface area contributed by atoms with Gasteiger partial charge < -0.3 is 24.8 Å². The monoisotopic (exact) mass is 524 g/mol. The Morgan fingerprint density at radius 1 is 1.05 bits per heavy atom. The lowest BCUT2D eigenvalue weighted by atomic mass is 9.92. The van der Waals surface area contributed by atoms with Crippen LogP contribution in [0.4, 0.5) is 11.5 Å². The van der Waals surface area contributed by atoms with Gasteiger partial charge in [-0.2, -0.15) is 10.2 Å². The number of nitriles is 1. The molecule has 1 N–H and O–H groups in total. The van der Waals surface area contributed by atoms with Gasteiger partial charge in [-0.1, -0.05) is 44.2 Å². The van der Waals surface area contributed by atoms with Crippen molar-refractivity contribution in [1.82, 2.24) is 15.2 Å². The minimum atomic E-state index is 0.374. The lowest BCUT2D eigenvalue weighted by Gasteiger charge is -2.37. The van der Waals surface area contributed by atoms with E-state index in [1.54, 1.807) is 0 Å². The summed E-state index contributed by atoms with van der Waals surface area (Å²) in [6.07, 6.45) is 3.18. The third-order valence-corrected chi connectivity index (χ3v) is 8.83. The maximum Gasteiger partial charge on any atom is 0.234 e. The van der Waals surface area contributed by atoms with Crippen LogP contribution in [0.2, 0.25) is 0 Å². The third kappa shape index (κ3) is 4.92. The minimum Gasteiger partial charge on any atom is -0.475 e. The molecule has 0 spiro atoms. The Morgan fingerprint density at radius 3 is 2.56 bits per heavy atom. The Balaban J connectivity index is 1.42. The number of aromatic nitrogens is 1. The van der Waals surface area contributed by atoms with Gasteiger partial charge in [-0.3, -0.25) is 0 Å². The van der Waals surface area contributed by atoms with Crippen LogP contribution in [-0.2, 0) is 13.0 Å². The van der Waals surface area contributed by atoms with Gasteiger partial charge in [0.25, 0.3) is 0 Å². The molecule has 6 rings (SSSR count). The van der Waals surface area contributed by atoms with Gasteiger partial charge in [0.2, 0.25) is 5.88 Å². The van der Waals surface area contributed by atoms with E-state index < -0.39 is 0 Å². The first-order chi connectivity index (χ1) is 19.0. The molecule has 1 atom stereocenters. The van der Waals surface area contributed by atoms with Gasteiger partial charge in [0, 0.05) is 67.5 Å². The van der Waals surface area contributed by atoms with Gasteiger partial charge >= 0.3 is 0 Å². The normalized spacial score (nSPS) is 19.9. The number of hydrogen-bond acceptors (Lipinski definition) is 7. The van der Waals surface area contributed by atoms with E-state index >= 15 is 0 Å². The number of pyridine rings is 1. The smallest absolute Gasteiger partial charge is 0.234 e. The number of nitrogens with zero attached hydrogens (tertiary/aromatic N) is 5. The second kappa shape index (κ2) is 11.0. The highest BCUT2D eigenvalue weighted by Crippen LogP contribution is 2.40. The summed E-state index contributed by atoms with van der Waals surface area (Å²) < 4.78 is 6.41. The fraction of sp³-hybridized carbons (Fsp3) is 0.500. The van der Waals surface area contributed by atoms with Crippen molar-refractivity contribution in [3.63, 3.8) is 0 Å². The maximum absolute atomic E-state index is 10.4. The number of hydrogen-bond donors (Lipinski definition) is 1. The number of likely N-dealkylation sites (N-methyl/N-ethyl adjacent to an activating group) is 1. The summed E-state index contributed by atoms with van der Waals surface area (Å²) in [5, 5.41) is 16.5. The molecule has 2 fully saturated rings. The predicted octanol–water partition coefficient (Wildman–Crippen LogP) is 4.68. The molecule has 3 aromatic rings. The van der Waals surface area contributed by atoms with Crippen LogP contribution < -0.4 is 19.9 Å². The van der Waals surface area contributed by atoms with Crippen LogP contribution in [0, 0.1) is 11.3 Å². The molecule has 39 heavy (non-hydrogen) atoms. The number of likely N-dealkylation sites (tertiary alicyclic amines) is 1. The van der Waals surface area contributed by atoms with Crippen molar-refractivity contribution in [3.05, 3.63) is 58.7 Å². The topological polar surface area (TPSA) is 67.7 Å². The van der Waals surface area contributed by atoms with Crippen molar-refractivity contribution in [1.29, 1.82) is 5.26 Å². The van der Waals surface area contributed by atoms with E-state index in [2.05, 4.69) is 83.4 Å². The molecule has 1 aromatic heterocycles. The second-order valence-electron chi connectivity index (χ2n) is 11.6. The number of fused-ring (bicyclic) bond motifs is 2. The summed E-state index contributed by atoms with van der Waals surface area (Å²) in [6.45, 7) is 11.5. The molecule has 204 valence electrons. The summed E-state index contributed by atoms with van der Waals surface area (Å²) in [5.74, 6) is 1.95. The average molecular weight is 525 g/mol. The second-order valence-corrected chi connectivity index (χ2v) is 11.6. The van der Waals surface area contributed by atoms with Crippen molar-refractivity contribution in [3.8, 4) is 11.9 Å². The van der Waals surface area contributed by atoms with E-state index in [4.69, 9.17) is 9.72 Å². The Morgan fingerprint density at radius 2 is 1.85 bits per heavy atom. The van der Waals surface area contributed by atoms with Crippen LogP contribution in [0.1, 0.15) is 54.9 Å². The number of piperazine rings is 1. The lowest BCUT2D eigenvalue weighted by molar-refractivity contribution is 0.193. The van der Waals surface area contributed by atoms with Crippen LogP contribution in [0.3, 0.4) is 0 Å². The predicted molar refractivity (Wildman–Crippen MR) is 158 cm³/mol. The van der Waals surface area contributed by atoms with Crippen molar-refractivity contribution in [2.75, 3.05) is 62.7 Å². The maximum atomic E-state index is 10.4. The zero-order valence-electron chi connectivity index (χ0n) is 23.5. The van der Waals surface area contributed by atoms with Gasteiger partial charge in [0.1, 0.15) is 24.1 Å². The molecule has 0 amide bonds. The van der Waals surface area contributed by atoms with Crippen molar-refractivity contribution in [2.45, 2.75) is 51.6 Å². The fourth-order valence-corrected chi connectivity index (χ4v) is 6.61. The van der Waals surface area contributed by atoms with Crippen molar-refractivity contribution >= 4 is 22.3 Å². The SMILES string of the molecule is CC(C)c1cccc2cccc(N3CCc4c(N5CCNCC5)nc(OC[C@@H]5CCCN5C)c(C#N)c4C3)c12. The quantitative estimate of drug-likeness (QED) is 0.502. The van der Waals surface area contributed by atoms with E-state index in [1.807, 2.05) is 0 Å².